The van der Waals surface area contributed by atoms with E-state index < -0.39 is 11.3 Å². The zero-order valence-electron chi connectivity index (χ0n) is 14.2. The van der Waals surface area contributed by atoms with Gasteiger partial charge in [0.25, 0.3) is 5.91 Å². The Labute approximate surface area is 146 Å². The first kappa shape index (κ1) is 17.2. The average Bonchev–Trinajstić information content (AvgIpc) is 3.10. The second kappa shape index (κ2) is 7.07. The number of aryl methyl sites for hydroxylation is 1. The van der Waals surface area contributed by atoms with Gasteiger partial charge in [-0.05, 0) is 25.3 Å². The van der Waals surface area contributed by atoms with E-state index in [1.165, 1.54) is 12.3 Å². The van der Waals surface area contributed by atoms with E-state index in [0.717, 1.165) is 5.56 Å². The summed E-state index contributed by atoms with van der Waals surface area (Å²) in [7, 11) is 0. The summed E-state index contributed by atoms with van der Waals surface area (Å²) in [5.41, 5.74) is 0.882. The molecule has 0 aliphatic heterocycles. The predicted molar refractivity (Wildman–Crippen MR) is 96.3 cm³/mol. The van der Waals surface area contributed by atoms with Crippen LogP contribution in [-0.2, 0) is 0 Å². The van der Waals surface area contributed by atoms with Crippen molar-refractivity contribution in [3.05, 3.63) is 81.8 Å². The number of H-pyrrole nitrogens is 1. The van der Waals surface area contributed by atoms with Crippen LogP contribution in [0, 0.1) is 12.3 Å². The lowest BCUT2D eigenvalue weighted by Gasteiger charge is -2.37. The van der Waals surface area contributed by atoms with E-state index in [2.05, 4.69) is 10.3 Å². The molecule has 130 valence electrons. The maximum Gasteiger partial charge on any atom is 0.257 e. The van der Waals surface area contributed by atoms with Gasteiger partial charge >= 0.3 is 0 Å². The average molecular weight is 338 g/mol. The lowest BCUT2D eigenvalue weighted by atomic mass is 9.75. The van der Waals surface area contributed by atoms with Crippen LogP contribution in [0.3, 0.4) is 0 Å². The van der Waals surface area contributed by atoms with Crippen LogP contribution in [0.15, 0.2) is 59.5 Å². The van der Waals surface area contributed by atoms with Crippen molar-refractivity contribution in [3.63, 3.8) is 0 Å². The van der Waals surface area contributed by atoms with Gasteiger partial charge in [0.1, 0.15) is 5.56 Å². The number of aliphatic hydroxyl groups is 1. The summed E-state index contributed by atoms with van der Waals surface area (Å²) >= 11 is 0. The zero-order chi connectivity index (χ0) is 17.9. The molecule has 5 nitrogen and oxygen atoms in total. The normalized spacial score (nSPS) is 16.6. The number of carbonyl (C=O) groups excluding carboxylic acids is 1. The number of hydrogen-bond acceptors (Lipinski definition) is 3. The van der Waals surface area contributed by atoms with Gasteiger partial charge in [0.05, 0.1) is 12.6 Å². The second-order valence-electron chi connectivity index (χ2n) is 6.61. The summed E-state index contributed by atoms with van der Waals surface area (Å²) in [6, 6.07) is 10.6. The highest BCUT2D eigenvalue weighted by molar-refractivity contribution is 5.94. The SMILES string of the molecule is Cc1cc(=O)c(C(=O)NC(c2ccccc2)C2(CO)CC=CC2)c[nH]1. The summed E-state index contributed by atoms with van der Waals surface area (Å²) in [4.78, 5) is 27.8. The fraction of sp³-hybridized carbons (Fsp3) is 0.300. The molecule has 0 spiro atoms. The van der Waals surface area contributed by atoms with E-state index in [1.807, 2.05) is 42.5 Å². The number of nitrogens with one attached hydrogen (secondary N) is 2. The lowest BCUT2D eigenvalue weighted by Crippen LogP contribution is -2.43. The number of pyridine rings is 1. The van der Waals surface area contributed by atoms with Gasteiger partial charge in [-0.2, -0.15) is 0 Å². The van der Waals surface area contributed by atoms with Crippen LogP contribution >= 0.6 is 0 Å². The molecule has 1 amide bonds. The van der Waals surface area contributed by atoms with Crippen LogP contribution in [-0.4, -0.2) is 22.6 Å². The van der Waals surface area contributed by atoms with Crippen molar-refractivity contribution in [2.75, 3.05) is 6.61 Å². The van der Waals surface area contributed by atoms with Gasteiger partial charge in [0.2, 0.25) is 0 Å². The van der Waals surface area contributed by atoms with Crippen LogP contribution < -0.4 is 10.7 Å². The Bertz CT molecular complexity index is 832. The number of aromatic nitrogens is 1. The van der Waals surface area contributed by atoms with Crippen LogP contribution in [0.5, 0.6) is 0 Å². The molecule has 1 atom stereocenters. The maximum atomic E-state index is 12.7. The molecule has 3 N–H and O–H groups in total. The van der Waals surface area contributed by atoms with Gasteiger partial charge < -0.3 is 15.4 Å². The molecular formula is C20H22N2O3. The monoisotopic (exact) mass is 338 g/mol. The van der Waals surface area contributed by atoms with Gasteiger partial charge in [-0.1, -0.05) is 42.5 Å². The van der Waals surface area contributed by atoms with E-state index in [4.69, 9.17) is 0 Å². The summed E-state index contributed by atoms with van der Waals surface area (Å²) in [6.07, 6.45) is 6.84. The minimum Gasteiger partial charge on any atom is -0.396 e. The molecular weight excluding hydrogens is 316 g/mol. The molecule has 1 aliphatic rings. The lowest BCUT2D eigenvalue weighted by molar-refractivity contribution is 0.0725. The molecule has 25 heavy (non-hydrogen) atoms. The van der Waals surface area contributed by atoms with E-state index in [0.29, 0.717) is 18.5 Å². The highest BCUT2D eigenvalue weighted by Crippen LogP contribution is 2.44. The summed E-state index contributed by atoms with van der Waals surface area (Å²) in [5, 5.41) is 13.0. The third-order valence-corrected chi connectivity index (χ3v) is 4.85. The third kappa shape index (κ3) is 3.42. The van der Waals surface area contributed by atoms with Gasteiger partial charge in [0, 0.05) is 23.4 Å². The highest BCUT2D eigenvalue weighted by atomic mass is 16.3. The van der Waals surface area contributed by atoms with E-state index in [9.17, 15) is 14.7 Å². The van der Waals surface area contributed by atoms with E-state index in [1.54, 1.807) is 6.92 Å². The largest absolute Gasteiger partial charge is 0.396 e. The molecule has 1 aliphatic carbocycles. The summed E-state index contributed by atoms with van der Waals surface area (Å²) in [5.74, 6) is -0.435. The molecule has 0 saturated heterocycles. The van der Waals surface area contributed by atoms with Crippen LogP contribution in [0.2, 0.25) is 0 Å². The molecule has 1 heterocycles. The van der Waals surface area contributed by atoms with Gasteiger partial charge in [-0.25, -0.2) is 0 Å². The minimum atomic E-state index is -0.492. The molecule has 3 rings (SSSR count). The Morgan fingerprint density at radius 1 is 1.28 bits per heavy atom. The summed E-state index contributed by atoms with van der Waals surface area (Å²) in [6.45, 7) is 1.71. The van der Waals surface area contributed by atoms with Crippen LogP contribution in [0.4, 0.5) is 0 Å². The topological polar surface area (TPSA) is 82.2 Å². The number of amides is 1. The van der Waals surface area contributed by atoms with Crippen LogP contribution in [0.25, 0.3) is 0 Å². The number of aliphatic hydroxyl groups excluding tert-OH is 1. The molecule has 1 aromatic heterocycles. The smallest absolute Gasteiger partial charge is 0.257 e. The highest BCUT2D eigenvalue weighted by Gasteiger charge is 2.40. The third-order valence-electron chi connectivity index (χ3n) is 4.85. The van der Waals surface area contributed by atoms with Crippen molar-refractivity contribution < 1.29 is 9.90 Å². The van der Waals surface area contributed by atoms with Gasteiger partial charge in [-0.3, -0.25) is 9.59 Å². The first-order chi connectivity index (χ1) is 12.1. The molecule has 1 unspecified atom stereocenters. The molecule has 1 aromatic carbocycles. The van der Waals surface area contributed by atoms with Crippen molar-refractivity contribution in [2.45, 2.75) is 25.8 Å². The fourth-order valence-corrected chi connectivity index (χ4v) is 3.37. The Morgan fingerprint density at radius 2 is 1.96 bits per heavy atom. The maximum absolute atomic E-state index is 12.7. The first-order valence-corrected chi connectivity index (χ1v) is 8.37. The Kier molecular flexibility index (Phi) is 4.86. The molecule has 0 bridgehead atoms. The molecule has 5 heteroatoms. The van der Waals surface area contributed by atoms with Gasteiger partial charge in [0.15, 0.2) is 5.43 Å². The number of aromatic amines is 1. The van der Waals surface area contributed by atoms with E-state index >= 15 is 0 Å². The number of carbonyl (C=O) groups is 1. The van der Waals surface area contributed by atoms with Crippen molar-refractivity contribution in [2.24, 2.45) is 5.41 Å². The number of allylic oxidation sites excluding steroid dienone is 2. The Hall–Kier alpha value is -2.66. The van der Waals surface area contributed by atoms with Crippen molar-refractivity contribution >= 4 is 5.91 Å². The van der Waals surface area contributed by atoms with Crippen molar-refractivity contribution in [3.8, 4) is 0 Å². The van der Waals surface area contributed by atoms with E-state index in [-0.39, 0.29) is 23.6 Å². The van der Waals surface area contributed by atoms with Crippen molar-refractivity contribution in [1.29, 1.82) is 0 Å². The Morgan fingerprint density at radius 3 is 2.56 bits per heavy atom. The van der Waals surface area contributed by atoms with Gasteiger partial charge in [-0.15, -0.1) is 0 Å². The second-order valence-corrected chi connectivity index (χ2v) is 6.61. The molecule has 0 radical (unpaired) electrons. The number of rotatable bonds is 5. The van der Waals surface area contributed by atoms with Crippen molar-refractivity contribution in [1.82, 2.24) is 10.3 Å². The first-order valence-electron chi connectivity index (χ1n) is 8.37. The molecule has 2 aromatic rings. The number of hydrogen-bond donors (Lipinski definition) is 3. The zero-order valence-corrected chi connectivity index (χ0v) is 14.2. The summed E-state index contributed by atoms with van der Waals surface area (Å²) < 4.78 is 0. The Balaban J connectivity index is 1.95. The molecule has 0 saturated carbocycles. The minimum absolute atomic E-state index is 0.0515. The van der Waals surface area contributed by atoms with Crippen LogP contribution in [0.1, 0.15) is 40.5 Å². The quantitative estimate of drug-likeness (QED) is 0.733. The molecule has 0 fully saturated rings. The standard InChI is InChI=1S/C20H22N2O3/c1-14-11-17(24)16(12-21-14)19(25)22-18(15-7-3-2-4-8-15)20(13-23)9-5-6-10-20/h2-8,11-12,18,23H,9-10,13H2,1H3,(H,21,24)(H,22,25). The fourth-order valence-electron chi connectivity index (χ4n) is 3.37. The predicted octanol–water partition coefficient (Wildman–Crippen LogP) is 2.48. The number of benzene rings is 1.